The highest BCUT2D eigenvalue weighted by molar-refractivity contribution is 5.88. The summed E-state index contributed by atoms with van der Waals surface area (Å²) in [6, 6.07) is 3.79. The topological polar surface area (TPSA) is 73.3 Å². The van der Waals surface area contributed by atoms with Crippen molar-refractivity contribution in [3.05, 3.63) is 24.6 Å². The number of aromatic nitrogens is 1. The highest BCUT2D eigenvalue weighted by Crippen LogP contribution is 2.28. The summed E-state index contributed by atoms with van der Waals surface area (Å²) in [4.78, 5) is 4.40. The van der Waals surface area contributed by atoms with Gasteiger partial charge in [-0.15, -0.1) is 0 Å². The lowest BCUT2D eigenvalue weighted by atomic mass is 9.90. The van der Waals surface area contributed by atoms with Gasteiger partial charge in [0.2, 0.25) is 0 Å². The molecule has 5 nitrogen and oxygen atoms in total. The summed E-state index contributed by atoms with van der Waals surface area (Å²) >= 11 is 0. The Hall–Kier alpha value is -1.59. The van der Waals surface area contributed by atoms with Crippen LogP contribution in [0.1, 0.15) is 12.8 Å². The van der Waals surface area contributed by atoms with E-state index in [0.717, 1.165) is 42.8 Å². The van der Waals surface area contributed by atoms with E-state index < -0.39 is 0 Å². The first-order valence-corrected chi connectivity index (χ1v) is 6.21. The van der Waals surface area contributed by atoms with Gasteiger partial charge in [0.05, 0.1) is 17.2 Å². The molecule has 0 atom stereocenters. The molecule has 0 unspecified atom stereocenters. The summed E-state index contributed by atoms with van der Waals surface area (Å²) in [5.41, 5.74) is 6.66. The quantitative estimate of drug-likeness (QED) is 0.864. The molecule has 1 aliphatic rings. The number of nitrogens with two attached hydrogens (primary N) is 1. The van der Waals surface area contributed by atoms with Gasteiger partial charge >= 0.3 is 0 Å². The van der Waals surface area contributed by atoms with Gasteiger partial charge < -0.3 is 20.2 Å². The van der Waals surface area contributed by atoms with Crippen LogP contribution in [0.2, 0.25) is 0 Å². The van der Waals surface area contributed by atoms with Crippen molar-refractivity contribution in [2.24, 2.45) is 5.73 Å². The van der Waals surface area contributed by atoms with Crippen molar-refractivity contribution in [3.8, 4) is 0 Å². The second-order valence-corrected chi connectivity index (χ2v) is 4.71. The summed E-state index contributed by atoms with van der Waals surface area (Å²) in [5, 5.41) is 4.49. The molecule has 0 saturated carbocycles. The maximum Gasteiger partial charge on any atom is 0.139 e. The van der Waals surface area contributed by atoms with E-state index in [2.05, 4.69) is 10.3 Å². The average Bonchev–Trinajstić information content (AvgIpc) is 2.89. The lowest BCUT2D eigenvalue weighted by molar-refractivity contribution is 0.0627. The summed E-state index contributed by atoms with van der Waals surface area (Å²) in [6.07, 6.45) is 5.23. The Kier molecular flexibility index (Phi) is 2.93. The number of pyridine rings is 1. The van der Waals surface area contributed by atoms with E-state index in [0.29, 0.717) is 6.54 Å². The summed E-state index contributed by atoms with van der Waals surface area (Å²) in [5.74, 6) is 0.841. The number of rotatable bonds is 3. The molecule has 1 fully saturated rings. The minimum Gasteiger partial charge on any atom is -0.464 e. The van der Waals surface area contributed by atoms with Gasteiger partial charge in [0.15, 0.2) is 0 Å². The highest BCUT2D eigenvalue weighted by atomic mass is 16.5. The predicted molar refractivity (Wildman–Crippen MR) is 69.5 cm³/mol. The molecule has 1 saturated heterocycles. The third-order valence-corrected chi connectivity index (χ3v) is 3.60. The van der Waals surface area contributed by atoms with Crippen LogP contribution in [0.25, 0.3) is 11.0 Å². The molecule has 3 rings (SSSR count). The molecule has 0 radical (unpaired) electrons. The molecule has 96 valence electrons. The normalized spacial score (nSPS) is 18.9. The highest BCUT2D eigenvalue weighted by Gasteiger charge is 2.31. The van der Waals surface area contributed by atoms with Crippen molar-refractivity contribution in [2.45, 2.75) is 18.4 Å². The van der Waals surface area contributed by atoms with Gasteiger partial charge in [-0.3, -0.25) is 0 Å². The van der Waals surface area contributed by atoms with Crippen molar-refractivity contribution in [2.75, 3.05) is 25.1 Å². The van der Waals surface area contributed by atoms with Gasteiger partial charge in [-0.25, -0.2) is 4.98 Å². The molecule has 2 aromatic heterocycles. The van der Waals surface area contributed by atoms with E-state index in [1.165, 1.54) is 0 Å². The molecule has 2 aromatic rings. The average molecular weight is 247 g/mol. The Morgan fingerprint density at radius 2 is 2.17 bits per heavy atom. The SMILES string of the molecule is NCC1(Nc2nccc3occc23)CCOCC1. The molecular formula is C13H17N3O2. The number of nitrogens with zero attached hydrogens (tertiary/aromatic N) is 1. The van der Waals surface area contributed by atoms with Crippen LogP contribution in [0.3, 0.4) is 0 Å². The number of ether oxygens (including phenoxy) is 1. The fourth-order valence-corrected chi connectivity index (χ4v) is 2.39. The van der Waals surface area contributed by atoms with Crippen molar-refractivity contribution >= 4 is 16.8 Å². The minimum absolute atomic E-state index is 0.114. The summed E-state index contributed by atoms with van der Waals surface area (Å²) in [7, 11) is 0. The van der Waals surface area contributed by atoms with Gasteiger partial charge in [0.25, 0.3) is 0 Å². The van der Waals surface area contributed by atoms with E-state index in [-0.39, 0.29) is 5.54 Å². The third-order valence-electron chi connectivity index (χ3n) is 3.60. The predicted octanol–water partition coefficient (Wildman–Crippen LogP) is 1.75. The Balaban J connectivity index is 1.92. The molecule has 3 heterocycles. The molecule has 0 bridgehead atoms. The van der Waals surface area contributed by atoms with Crippen LogP contribution in [0, 0.1) is 0 Å². The molecule has 5 heteroatoms. The largest absolute Gasteiger partial charge is 0.464 e. The van der Waals surface area contributed by atoms with Crippen molar-refractivity contribution < 1.29 is 9.15 Å². The summed E-state index contributed by atoms with van der Waals surface area (Å²) < 4.78 is 10.8. The van der Waals surface area contributed by atoms with Crippen LogP contribution >= 0.6 is 0 Å². The fraction of sp³-hybridized carbons (Fsp3) is 0.462. The molecule has 0 aliphatic carbocycles. The van der Waals surface area contributed by atoms with Gasteiger partial charge in [-0.2, -0.15) is 0 Å². The zero-order chi connectivity index (χ0) is 12.4. The Morgan fingerprint density at radius 1 is 1.33 bits per heavy atom. The van der Waals surface area contributed by atoms with E-state index in [4.69, 9.17) is 14.9 Å². The molecule has 1 aliphatic heterocycles. The van der Waals surface area contributed by atoms with Gasteiger partial charge in [-0.05, 0) is 25.0 Å². The lowest BCUT2D eigenvalue weighted by Crippen LogP contribution is -2.49. The van der Waals surface area contributed by atoms with Crippen LogP contribution in [0.4, 0.5) is 5.82 Å². The van der Waals surface area contributed by atoms with Gasteiger partial charge in [-0.1, -0.05) is 0 Å². The fourth-order valence-electron chi connectivity index (χ4n) is 2.39. The Morgan fingerprint density at radius 3 is 2.94 bits per heavy atom. The third kappa shape index (κ3) is 1.95. The van der Waals surface area contributed by atoms with E-state index in [1.54, 1.807) is 12.5 Å². The molecular weight excluding hydrogens is 230 g/mol. The molecule has 0 spiro atoms. The van der Waals surface area contributed by atoms with Crippen molar-refractivity contribution in [1.82, 2.24) is 4.98 Å². The van der Waals surface area contributed by atoms with Crippen molar-refractivity contribution in [3.63, 3.8) is 0 Å². The van der Waals surface area contributed by atoms with Gasteiger partial charge in [0, 0.05) is 26.0 Å². The molecule has 0 aromatic carbocycles. The number of hydrogen-bond donors (Lipinski definition) is 2. The maximum absolute atomic E-state index is 5.94. The molecule has 0 amide bonds. The first-order chi connectivity index (χ1) is 8.83. The number of hydrogen-bond acceptors (Lipinski definition) is 5. The van der Waals surface area contributed by atoms with Crippen molar-refractivity contribution in [1.29, 1.82) is 0 Å². The van der Waals surface area contributed by atoms with Crippen LogP contribution in [0.15, 0.2) is 29.0 Å². The molecule has 18 heavy (non-hydrogen) atoms. The van der Waals surface area contributed by atoms with Crippen LogP contribution in [0.5, 0.6) is 0 Å². The number of fused-ring (bicyclic) bond motifs is 1. The smallest absolute Gasteiger partial charge is 0.139 e. The number of furan rings is 1. The number of anilines is 1. The van der Waals surface area contributed by atoms with Gasteiger partial charge in [0.1, 0.15) is 11.4 Å². The minimum atomic E-state index is -0.114. The summed E-state index contributed by atoms with van der Waals surface area (Å²) in [6.45, 7) is 2.06. The second-order valence-electron chi connectivity index (χ2n) is 4.71. The first kappa shape index (κ1) is 11.5. The van der Waals surface area contributed by atoms with E-state index in [9.17, 15) is 0 Å². The van der Waals surface area contributed by atoms with Crippen LogP contribution in [-0.4, -0.2) is 30.3 Å². The monoisotopic (exact) mass is 247 g/mol. The van der Waals surface area contributed by atoms with E-state index >= 15 is 0 Å². The Labute approximate surface area is 105 Å². The number of nitrogens with one attached hydrogen (secondary N) is 1. The first-order valence-electron chi connectivity index (χ1n) is 6.21. The van der Waals surface area contributed by atoms with Crippen LogP contribution in [-0.2, 0) is 4.74 Å². The second kappa shape index (κ2) is 4.59. The molecule has 3 N–H and O–H groups in total. The van der Waals surface area contributed by atoms with E-state index in [1.807, 2.05) is 12.1 Å². The zero-order valence-corrected chi connectivity index (χ0v) is 10.2. The lowest BCUT2D eigenvalue weighted by Gasteiger charge is -2.37. The Bertz CT molecular complexity index is 532. The standard InChI is InChI=1S/C13H17N3O2/c14-9-13(3-7-17-8-4-13)16-12-10-2-6-18-11(10)1-5-15-12/h1-2,5-6H,3-4,7-9,14H2,(H,15,16). The maximum atomic E-state index is 5.94. The van der Waals surface area contributed by atoms with Crippen LogP contribution < -0.4 is 11.1 Å². The zero-order valence-electron chi connectivity index (χ0n) is 10.2.